The highest BCUT2D eigenvalue weighted by atomic mass is 79.9. The molecule has 0 unspecified atom stereocenters. The molecule has 0 bridgehead atoms. The Morgan fingerprint density at radius 2 is 1.95 bits per heavy atom. The largest absolute Gasteiger partial charge is 0.514 e. The summed E-state index contributed by atoms with van der Waals surface area (Å²) in [7, 11) is 0. The minimum Gasteiger partial charge on any atom is -0.428 e. The molecule has 19 heavy (non-hydrogen) atoms. The first kappa shape index (κ1) is 15.7. The van der Waals surface area contributed by atoms with E-state index in [9.17, 15) is 9.59 Å². The van der Waals surface area contributed by atoms with Crippen LogP contribution in [0.5, 0.6) is 5.75 Å². The van der Waals surface area contributed by atoms with Gasteiger partial charge in [0.05, 0.1) is 4.47 Å². The van der Waals surface area contributed by atoms with Gasteiger partial charge in [-0.25, -0.2) is 4.79 Å². The zero-order valence-corrected chi connectivity index (χ0v) is 13.0. The Morgan fingerprint density at radius 3 is 2.47 bits per heavy atom. The summed E-state index contributed by atoms with van der Waals surface area (Å²) in [5.74, 6) is -0.0453. The third kappa shape index (κ3) is 4.67. The fourth-order valence-electron chi connectivity index (χ4n) is 1.38. The Labute approximate surface area is 120 Å². The standard InChI is InChI=1S/C14H17BrO4/c1-5-9-7-6-8-10(16)12(11(9)15)18-13(17)19-14(2,3)4/h6-8H,5H2,1-4H3. The smallest absolute Gasteiger partial charge is 0.428 e. The summed E-state index contributed by atoms with van der Waals surface area (Å²) in [6.07, 6.45) is -0.183. The minimum atomic E-state index is -0.890. The lowest BCUT2D eigenvalue weighted by Gasteiger charge is -2.18. The average molecular weight is 329 g/mol. The second kappa shape index (κ2) is 6.19. The van der Waals surface area contributed by atoms with Crippen molar-refractivity contribution in [3.63, 3.8) is 0 Å². The monoisotopic (exact) mass is 328 g/mol. The maximum Gasteiger partial charge on any atom is 0.514 e. The predicted octanol–water partition coefficient (Wildman–Crippen LogP) is 3.69. The third-order valence-electron chi connectivity index (χ3n) is 2.21. The number of halogens is 1. The Balaban J connectivity index is 3.12. The van der Waals surface area contributed by atoms with Gasteiger partial charge >= 0.3 is 6.16 Å². The molecule has 0 amide bonds. The summed E-state index contributed by atoms with van der Waals surface area (Å²) in [6.45, 7) is 7.12. The van der Waals surface area contributed by atoms with Gasteiger partial charge in [0, 0.05) is 0 Å². The van der Waals surface area contributed by atoms with Crippen molar-refractivity contribution in [1.82, 2.24) is 0 Å². The molecular formula is C14H17BrO4. The number of hydrogen-bond acceptors (Lipinski definition) is 4. The Morgan fingerprint density at radius 1 is 1.32 bits per heavy atom. The normalized spacial score (nSPS) is 11.0. The number of aryl methyl sites for hydroxylation is 1. The molecule has 5 heteroatoms. The van der Waals surface area contributed by atoms with E-state index in [0.717, 1.165) is 5.56 Å². The molecule has 1 aromatic rings. The van der Waals surface area contributed by atoms with Gasteiger partial charge in [-0.3, -0.25) is 4.79 Å². The van der Waals surface area contributed by atoms with Crippen molar-refractivity contribution in [3.05, 3.63) is 38.5 Å². The van der Waals surface area contributed by atoms with Crippen molar-refractivity contribution in [2.75, 3.05) is 0 Å². The van der Waals surface area contributed by atoms with Crippen LogP contribution >= 0.6 is 15.9 Å². The molecule has 0 aliphatic carbocycles. The molecule has 0 aliphatic heterocycles. The van der Waals surface area contributed by atoms with Crippen LogP contribution in [0.2, 0.25) is 0 Å². The SMILES string of the molecule is CCc1cccc(=O)c(OC(=O)OC(C)(C)C)c1Br. The van der Waals surface area contributed by atoms with Gasteiger partial charge < -0.3 is 9.47 Å². The molecule has 0 aliphatic rings. The fourth-order valence-corrected chi connectivity index (χ4v) is 2.07. The van der Waals surface area contributed by atoms with Gasteiger partial charge in [-0.15, -0.1) is 0 Å². The molecule has 0 atom stereocenters. The molecule has 4 nitrogen and oxygen atoms in total. The molecule has 0 aromatic heterocycles. The summed E-state index contributed by atoms with van der Waals surface area (Å²) >= 11 is 3.30. The molecule has 104 valence electrons. The fraction of sp³-hybridized carbons (Fsp3) is 0.429. The topological polar surface area (TPSA) is 52.6 Å². The molecule has 0 saturated heterocycles. The molecule has 0 fully saturated rings. The lowest BCUT2D eigenvalue weighted by molar-refractivity contribution is 0.0202. The second-order valence-electron chi connectivity index (χ2n) is 4.98. The van der Waals surface area contributed by atoms with E-state index < -0.39 is 11.8 Å². The van der Waals surface area contributed by atoms with Crippen LogP contribution in [-0.2, 0) is 11.2 Å². The van der Waals surface area contributed by atoms with Crippen LogP contribution < -0.4 is 10.2 Å². The molecule has 0 N–H and O–H groups in total. The first-order chi connectivity index (χ1) is 8.74. The quantitative estimate of drug-likeness (QED) is 0.777. The van der Waals surface area contributed by atoms with Crippen LogP contribution in [0.25, 0.3) is 0 Å². The number of carbonyl (C=O) groups excluding carboxylic acids is 1. The van der Waals surface area contributed by atoms with E-state index in [-0.39, 0.29) is 11.2 Å². The summed E-state index contributed by atoms with van der Waals surface area (Å²) < 4.78 is 10.6. The molecule has 0 spiro atoms. The Kier molecular flexibility index (Phi) is 5.11. The van der Waals surface area contributed by atoms with E-state index >= 15 is 0 Å². The van der Waals surface area contributed by atoms with Crippen LogP contribution in [0.15, 0.2) is 27.5 Å². The summed E-state index contributed by atoms with van der Waals surface area (Å²) in [4.78, 5) is 23.5. The zero-order valence-electron chi connectivity index (χ0n) is 11.5. The number of rotatable bonds is 2. The van der Waals surface area contributed by atoms with Crippen molar-refractivity contribution < 1.29 is 14.3 Å². The predicted molar refractivity (Wildman–Crippen MR) is 76.7 cm³/mol. The zero-order chi connectivity index (χ0) is 14.6. The average Bonchev–Trinajstić information content (AvgIpc) is 2.39. The Hall–Kier alpha value is -1.36. The van der Waals surface area contributed by atoms with Gasteiger partial charge in [-0.2, -0.15) is 0 Å². The summed E-state index contributed by atoms with van der Waals surface area (Å²) in [5.41, 5.74) is -0.171. The van der Waals surface area contributed by atoms with Crippen LogP contribution in [0, 0.1) is 0 Å². The second-order valence-corrected chi connectivity index (χ2v) is 5.77. The van der Waals surface area contributed by atoms with Crippen molar-refractivity contribution in [3.8, 4) is 5.75 Å². The maximum absolute atomic E-state index is 11.8. The van der Waals surface area contributed by atoms with Crippen molar-refractivity contribution in [1.29, 1.82) is 0 Å². The van der Waals surface area contributed by atoms with E-state index in [1.54, 1.807) is 32.9 Å². The van der Waals surface area contributed by atoms with E-state index in [0.29, 0.717) is 10.9 Å². The number of carbonyl (C=O) groups is 1. The maximum atomic E-state index is 11.8. The van der Waals surface area contributed by atoms with Gasteiger partial charge in [0.15, 0.2) is 5.75 Å². The Bertz CT molecular complexity index is 532. The molecule has 0 radical (unpaired) electrons. The third-order valence-corrected chi connectivity index (χ3v) is 3.08. The first-order valence-electron chi connectivity index (χ1n) is 5.97. The van der Waals surface area contributed by atoms with Gasteiger partial charge in [-0.05, 0) is 54.8 Å². The number of ether oxygens (including phenoxy) is 2. The highest BCUT2D eigenvalue weighted by Gasteiger charge is 2.20. The molecular weight excluding hydrogens is 312 g/mol. The van der Waals surface area contributed by atoms with Gasteiger partial charge in [-0.1, -0.05) is 19.1 Å². The molecule has 0 saturated carbocycles. The highest BCUT2D eigenvalue weighted by Crippen LogP contribution is 2.25. The van der Waals surface area contributed by atoms with Crippen molar-refractivity contribution in [2.24, 2.45) is 0 Å². The van der Waals surface area contributed by atoms with Crippen LogP contribution in [-0.4, -0.2) is 11.8 Å². The van der Waals surface area contributed by atoms with E-state index in [2.05, 4.69) is 15.9 Å². The van der Waals surface area contributed by atoms with Crippen molar-refractivity contribution in [2.45, 2.75) is 39.7 Å². The van der Waals surface area contributed by atoms with Crippen LogP contribution in [0.1, 0.15) is 33.3 Å². The van der Waals surface area contributed by atoms with Gasteiger partial charge in [0.2, 0.25) is 5.43 Å². The van der Waals surface area contributed by atoms with E-state index in [1.807, 2.05) is 6.92 Å². The number of hydrogen-bond donors (Lipinski definition) is 0. The molecule has 1 aromatic carbocycles. The lowest BCUT2D eigenvalue weighted by atomic mass is 10.2. The lowest BCUT2D eigenvalue weighted by Crippen LogP contribution is -2.27. The van der Waals surface area contributed by atoms with Gasteiger partial charge in [0.1, 0.15) is 5.60 Å². The molecule has 0 heterocycles. The van der Waals surface area contributed by atoms with E-state index in [1.165, 1.54) is 6.07 Å². The first-order valence-corrected chi connectivity index (χ1v) is 6.76. The van der Waals surface area contributed by atoms with Crippen LogP contribution in [0.3, 0.4) is 0 Å². The minimum absolute atomic E-state index is 0.0453. The van der Waals surface area contributed by atoms with E-state index in [4.69, 9.17) is 9.47 Å². The van der Waals surface area contributed by atoms with Crippen molar-refractivity contribution >= 4 is 22.1 Å². The summed E-state index contributed by atoms with van der Waals surface area (Å²) in [5, 5.41) is 0. The van der Waals surface area contributed by atoms with Gasteiger partial charge in [0.25, 0.3) is 0 Å². The summed E-state index contributed by atoms with van der Waals surface area (Å²) in [6, 6.07) is 4.78. The van der Waals surface area contributed by atoms with Crippen LogP contribution in [0.4, 0.5) is 4.79 Å². The molecule has 1 rings (SSSR count). The highest BCUT2D eigenvalue weighted by molar-refractivity contribution is 9.10.